The van der Waals surface area contributed by atoms with Gasteiger partial charge in [-0.15, -0.1) is 0 Å². The van der Waals surface area contributed by atoms with E-state index in [9.17, 15) is 0 Å². The number of anilines is 1. The molecule has 0 heterocycles. The fourth-order valence-electron chi connectivity index (χ4n) is 1.61. The van der Waals surface area contributed by atoms with Crippen LogP contribution in [0.4, 0.5) is 5.69 Å². The summed E-state index contributed by atoms with van der Waals surface area (Å²) in [5.74, 6) is 0.986. The first kappa shape index (κ1) is 10.9. The monoisotopic (exact) mass is 193 g/mol. The molecule has 0 saturated heterocycles. The Kier molecular flexibility index (Phi) is 3.81. The summed E-state index contributed by atoms with van der Waals surface area (Å²) in [5, 5.41) is 3.32. The van der Waals surface area contributed by atoms with E-state index in [1.807, 2.05) is 6.92 Å². The molecule has 1 rings (SSSR count). The molecule has 0 aromatic heterocycles. The Morgan fingerprint density at radius 2 is 1.93 bits per heavy atom. The van der Waals surface area contributed by atoms with E-state index in [0.717, 1.165) is 18.0 Å². The van der Waals surface area contributed by atoms with Crippen LogP contribution in [0.25, 0.3) is 0 Å². The van der Waals surface area contributed by atoms with Crippen molar-refractivity contribution in [2.24, 2.45) is 0 Å². The van der Waals surface area contributed by atoms with Gasteiger partial charge in [-0.1, -0.05) is 6.07 Å². The molecule has 0 spiro atoms. The second-order valence-electron chi connectivity index (χ2n) is 3.42. The third kappa shape index (κ3) is 2.41. The van der Waals surface area contributed by atoms with Crippen molar-refractivity contribution >= 4 is 5.69 Å². The topological polar surface area (TPSA) is 21.3 Å². The first-order chi connectivity index (χ1) is 6.69. The molecule has 0 saturated carbocycles. The van der Waals surface area contributed by atoms with Gasteiger partial charge in [-0.25, -0.2) is 0 Å². The van der Waals surface area contributed by atoms with Crippen molar-refractivity contribution in [3.63, 3.8) is 0 Å². The zero-order chi connectivity index (χ0) is 10.6. The molecular weight excluding hydrogens is 174 g/mol. The molecule has 0 amide bonds. The van der Waals surface area contributed by atoms with Gasteiger partial charge >= 0.3 is 0 Å². The maximum atomic E-state index is 5.61. The van der Waals surface area contributed by atoms with Gasteiger partial charge in [0.15, 0.2) is 0 Å². The Morgan fingerprint density at radius 3 is 2.50 bits per heavy atom. The number of rotatable bonds is 4. The fraction of sp³-hybridized carbons (Fsp3) is 0.500. The van der Waals surface area contributed by atoms with Gasteiger partial charge in [0.1, 0.15) is 5.75 Å². The van der Waals surface area contributed by atoms with E-state index in [1.165, 1.54) is 11.1 Å². The lowest BCUT2D eigenvalue weighted by molar-refractivity contribution is 0.339. The van der Waals surface area contributed by atoms with Gasteiger partial charge in [0, 0.05) is 6.54 Å². The van der Waals surface area contributed by atoms with Crippen molar-refractivity contribution < 1.29 is 4.74 Å². The molecule has 0 unspecified atom stereocenters. The number of hydrogen-bond donors (Lipinski definition) is 1. The van der Waals surface area contributed by atoms with Gasteiger partial charge in [0.25, 0.3) is 0 Å². The fourth-order valence-corrected chi connectivity index (χ4v) is 1.61. The molecule has 0 bridgehead atoms. The Hall–Kier alpha value is -1.18. The molecule has 0 aliphatic heterocycles. The Bertz CT molecular complexity index is 307. The average molecular weight is 193 g/mol. The third-order valence-electron chi connectivity index (χ3n) is 2.07. The summed E-state index contributed by atoms with van der Waals surface area (Å²) >= 11 is 0. The summed E-state index contributed by atoms with van der Waals surface area (Å²) < 4.78 is 5.61. The summed E-state index contributed by atoms with van der Waals surface area (Å²) in [7, 11) is 0. The Morgan fingerprint density at radius 1 is 1.21 bits per heavy atom. The first-order valence-electron chi connectivity index (χ1n) is 5.17. The van der Waals surface area contributed by atoms with Gasteiger partial charge in [-0.2, -0.15) is 0 Å². The molecule has 0 fully saturated rings. The standard InChI is InChI=1S/C12H19NO/c1-5-13-11-8-9(3)7-10(4)12(11)14-6-2/h7-8,13H,5-6H2,1-4H3. The quantitative estimate of drug-likeness (QED) is 0.793. The SMILES string of the molecule is CCNc1cc(C)cc(C)c1OCC. The van der Waals surface area contributed by atoms with Gasteiger partial charge in [-0.3, -0.25) is 0 Å². The van der Waals surface area contributed by atoms with E-state index in [4.69, 9.17) is 4.74 Å². The van der Waals surface area contributed by atoms with Crippen molar-refractivity contribution in [3.05, 3.63) is 23.3 Å². The summed E-state index contributed by atoms with van der Waals surface area (Å²) in [5.41, 5.74) is 3.57. The molecule has 0 radical (unpaired) electrons. The van der Waals surface area contributed by atoms with Crippen LogP contribution < -0.4 is 10.1 Å². The van der Waals surface area contributed by atoms with E-state index in [-0.39, 0.29) is 0 Å². The van der Waals surface area contributed by atoms with E-state index in [0.29, 0.717) is 6.61 Å². The van der Waals surface area contributed by atoms with Crippen molar-refractivity contribution in [1.82, 2.24) is 0 Å². The number of benzene rings is 1. The highest BCUT2D eigenvalue weighted by atomic mass is 16.5. The molecule has 2 heteroatoms. The maximum absolute atomic E-state index is 5.61. The zero-order valence-electron chi connectivity index (χ0n) is 9.48. The third-order valence-corrected chi connectivity index (χ3v) is 2.07. The summed E-state index contributed by atoms with van der Waals surface area (Å²) in [6, 6.07) is 4.27. The van der Waals surface area contributed by atoms with Crippen LogP contribution in [-0.2, 0) is 0 Å². The maximum Gasteiger partial charge on any atom is 0.145 e. The Balaban J connectivity index is 3.07. The lowest BCUT2D eigenvalue weighted by atomic mass is 10.1. The minimum atomic E-state index is 0.711. The van der Waals surface area contributed by atoms with Crippen LogP contribution in [0.5, 0.6) is 5.75 Å². The van der Waals surface area contributed by atoms with Crippen molar-refractivity contribution in [1.29, 1.82) is 0 Å². The van der Waals surface area contributed by atoms with Crippen LogP contribution in [0.3, 0.4) is 0 Å². The highest BCUT2D eigenvalue weighted by Crippen LogP contribution is 2.29. The normalized spacial score (nSPS) is 10.0. The smallest absolute Gasteiger partial charge is 0.145 e. The first-order valence-corrected chi connectivity index (χ1v) is 5.17. The van der Waals surface area contributed by atoms with E-state index in [1.54, 1.807) is 0 Å². The highest BCUT2D eigenvalue weighted by molar-refractivity contribution is 5.61. The van der Waals surface area contributed by atoms with Gasteiger partial charge < -0.3 is 10.1 Å². The lowest BCUT2D eigenvalue weighted by Gasteiger charge is -2.14. The molecule has 0 aliphatic carbocycles. The van der Waals surface area contributed by atoms with Crippen molar-refractivity contribution in [2.75, 3.05) is 18.5 Å². The molecule has 1 aromatic rings. The molecule has 2 nitrogen and oxygen atoms in total. The van der Waals surface area contributed by atoms with E-state index >= 15 is 0 Å². The molecule has 1 aromatic carbocycles. The van der Waals surface area contributed by atoms with Crippen molar-refractivity contribution in [3.8, 4) is 5.75 Å². The summed E-state index contributed by atoms with van der Waals surface area (Å²) in [6.07, 6.45) is 0. The van der Waals surface area contributed by atoms with Crippen LogP contribution in [0.1, 0.15) is 25.0 Å². The van der Waals surface area contributed by atoms with Crippen LogP contribution >= 0.6 is 0 Å². The van der Waals surface area contributed by atoms with Gasteiger partial charge in [-0.05, 0) is 44.9 Å². The minimum absolute atomic E-state index is 0.711. The second-order valence-corrected chi connectivity index (χ2v) is 3.42. The zero-order valence-corrected chi connectivity index (χ0v) is 9.48. The Labute approximate surface area is 86.3 Å². The number of aryl methyl sites for hydroxylation is 2. The van der Waals surface area contributed by atoms with Crippen molar-refractivity contribution in [2.45, 2.75) is 27.7 Å². The predicted molar refractivity (Wildman–Crippen MR) is 61.2 cm³/mol. The number of ether oxygens (including phenoxy) is 1. The predicted octanol–water partition coefficient (Wildman–Crippen LogP) is 3.13. The summed E-state index contributed by atoms with van der Waals surface area (Å²) in [6.45, 7) is 9.91. The van der Waals surface area contributed by atoms with E-state index in [2.05, 4.69) is 38.2 Å². The highest BCUT2D eigenvalue weighted by Gasteiger charge is 2.06. The van der Waals surface area contributed by atoms with Gasteiger partial charge in [0.05, 0.1) is 12.3 Å². The molecular formula is C12H19NO. The van der Waals surface area contributed by atoms with Crippen LogP contribution in [-0.4, -0.2) is 13.2 Å². The summed E-state index contributed by atoms with van der Waals surface area (Å²) in [4.78, 5) is 0. The van der Waals surface area contributed by atoms with Crippen LogP contribution in [0.15, 0.2) is 12.1 Å². The molecule has 1 N–H and O–H groups in total. The average Bonchev–Trinajstić information content (AvgIpc) is 2.11. The van der Waals surface area contributed by atoms with Gasteiger partial charge in [0.2, 0.25) is 0 Å². The number of nitrogens with one attached hydrogen (secondary N) is 1. The minimum Gasteiger partial charge on any atom is -0.491 e. The largest absolute Gasteiger partial charge is 0.491 e. The molecule has 0 aliphatic rings. The number of hydrogen-bond acceptors (Lipinski definition) is 2. The van der Waals surface area contributed by atoms with E-state index < -0.39 is 0 Å². The van der Waals surface area contributed by atoms with Crippen LogP contribution in [0, 0.1) is 13.8 Å². The lowest BCUT2D eigenvalue weighted by Crippen LogP contribution is -2.03. The molecule has 78 valence electrons. The second kappa shape index (κ2) is 4.89. The van der Waals surface area contributed by atoms with Crippen LogP contribution in [0.2, 0.25) is 0 Å². The molecule has 0 atom stereocenters. The molecule has 14 heavy (non-hydrogen) atoms.